The lowest BCUT2D eigenvalue weighted by Crippen LogP contribution is -2.42. The van der Waals surface area contributed by atoms with E-state index in [1.807, 2.05) is 65.7 Å². The lowest BCUT2D eigenvalue weighted by molar-refractivity contribution is -0.135. The van der Waals surface area contributed by atoms with Gasteiger partial charge in [0, 0.05) is 35.8 Å². The molecule has 1 atom stereocenters. The van der Waals surface area contributed by atoms with E-state index in [0.717, 1.165) is 35.3 Å². The summed E-state index contributed by atoms with van der Waals surface area (Å²) in [6, 6.07) is 7.92. The smallest absolute Gasteiger partial charge is 0.245 e. The van der Waals surface area contributed by atoms with Crippen molar-refractivity contribution < 1.29 is 9.59 Å². The molecule has 0 bridgehead atoms. The summed E-state index contributed by atoms with van der Waals surface area (Å²) < 4.78 is 2.00. The van der Waals surface area contributed by atoms with E-state index in [-0.39, 0.29) is 17.7 Å². The summed E-state index contributed by atoms with van der Waals surface area (Å²) >= 11 is 1.97. The van der Waals surface area contributed by atoms with Gasteiger partial charge >= 0.3 is 0 Å². The topological polar surface area (TPSA) is 42.3 Å². The SMILES string of the molecule is CCC(C(=O)N(C)C1CCSCC1)n1cc(C(C)=O)c2ccccc21. The number of hydrogen-bond donors (Lipinski definition) is 0. The number of hydrogen-bond acceptors (Lipinski definition) is 3. The highest BCUT2D eigenvalue weighted by Gasteiger charge is 2.29. The maximum atomic E-state index is 13.2. The first-order chi connectivity index (χ1) is 12.0. The molecule has 2 heterocycles. The Morgan fingerprint density at radius 3 is 2.60 bits per heavy atom. The predicted octanol–water partition coefficient (Wildman–Crippen LogP) is 4.15. The number of benzene rings is 1. The van der Waals surface area contributed by atoms with Gasteiger partial charge in [0.2, 0.25) is 5.91 Å². The van der Waals surface area contributed by atoms with Gasteiger partial charge in [0.15, 0.2) is 5.78 Å². The lowest BCUT2D eigenvalue weighted by Gasteiger charge is -2.34. The van der Waals surface area contributed by atoms with Gasteiger partial charge in [0.05, 0.1) is 0 Å². The van der Waals surface area contributed by atoms with E-state index in [2.05, 4.69) is 0 Å². The summed E-state index contributed by atoms with van der Waals surface area (Å²) in [7, 11) is 1.93. The molecule has 1 aliphatic rings. The zero-order valence-corrected chi connectivity index (χ0v) is 16.0. The number of amides is 1. The van der Waals surface area contributed by atoms with E-state index in [9.17, 15) is 9.59 Å². The fourth-order valence-electron chi connectivity index (χ4n) is 3.72. The molecule has 4 nitrogen and oxygen atoms in total. The quantitative estimate of drug-likeness (QED) is 0.754. The molecule has 2 aromatic rings. The van der Waals surface area contributed by atoms with Crippen molar-refractivity contribution in [1.29, 1.82) is 0 Å². The van der Waals surface area contributed by atoms with Crippen LogP contribution in [-0.4, -0.2) is 45.8 Å². The molecule has 1 unspecified atom stereocenters. The minimum Gasteiger partial charge on any atom is -0.341 e. The molecule has 1 fully saturated rings. The molecule has 1 aliphatic heterocycles. The molecule has 1 saturated heterocycles. The highest BCUT2D eigenvalue weighted by Crippen LogP contribution is 2.29. The molecule has 0 N–H and O–H groups in total. The molecule has 1 amide bonds. The highest BCUT2D eigenvalue weighted by atomic mass is 32.2. The predicted molar refractivity (Wildman–Crippen MR) is 104 cm³/mol. The molecule has 134 valence electrons. The molecule has 0 radical (unpaired) electrons. The van der Waals surface area contributed by atoms with Gasteiger partial charge in [0.1, 0.15) is 6.04 Å². The van der Waals surface area contributed by atoms with E-state index in [1.54, 1.807) is 6.92 Å². The molecule has 25 heavy (non-hydrogen) atoms. The van der Waals surface area contributed by atoms with Gasteiger partial charge in [-0.3, -0.25) is 9.59 Å². The monoisotopic (exact) mass is 358 g/mol. The molecule has 5 heteroatoms. The van der Waals surface area contributed by atoms with Gasteiger partial charge in [-0.2, -0.15) is 11.8 Å². The second-order valence-corrected chi connectivity index (χ2v) is 7.96. The van der Waals surface area contributed by atoms with Crippen LogP contribution in [0.1, 0.15) is 49.5 Å². The van der Waals surface area contributed by atoms with Crippen LogP contribution in [0.5, 0.6) is 0 Å². The first-order valence-electron chi connectivity index (χ1n) is 8.99. The van der Waals surface area contributed by atoms with Crippen LogP contribution in [-0.2, 0) is 4.79 Å². The third-order valence-electron chi connectivity index (χ3n) is 5.21. The number of fused-ring (bicyclic) bond motifs is 1. The van der Waals surface area contributed by atoms with E-state index >= 15 is 0 Å². The average Bonchev–Trinajstić information content (AvgIpc) is 3.02. The Morgan fingerprint density at radius 2 is 1.96 bits per heavy atom. The number of thioether (sulfide) groups is 1. The molecule has 3 rings (SSSR count). The molecule has 1 aromatic carbocycles. The fourth-order valence-corrected chi connectivity index (χ4v) is 4.80. The van der Waals surface area contributed by atoms with Crippen molar-refractivity contribution in [2.45, 2.75) is 45.2 Å². The lowest BCUT2D eigenvalue weighted by atomic mass is 10.1. The van der Waals surface area contributed by atoms with Gasteiger partial charge in [0.25, 0.3) is 0 Å². The van der Waals surface area contributed by atoms with Crippen LogP contribution in [0.25, 0.3) is 10.9 Å². The Labute approximate surface area is 153 Å². The number of aromatic nitrogens is 1. The van der Waals surface area contributed by atoms with Gasteiger partial charge in [-0.15, -0.1) is 0 Å². The van der Waals surface area contributed by atoms with Crippen LogP contribution in [0.3, 0.4) is 0 Å². The molecular formula is C20H26N2O2S. The maximum Gasteiger partial charge on any atom is 0.245 e. The zero-order valence-electron chi connectivity index (χ0n) is 15.2. The molecule has 0 spiro atoms. The maximum absolute atomic E-state index is 13.2. The summed E-state index contributed by atoms with van der Waals surface area (Å²) in [5, 5.41) is 0.929. The average molecular weight is 359 g/mol. The van der Waals surface area contributed by atoms with E-state index in [1.165, 1.54) is 0 Å². The van der Waals surface area contributed by atoms with Crippen LogP contribution in [0.2, 0.25) is 0 Å². The van der Waals surface area contributed by atoms with Crippen molar-refractivity contribution in [3.05, 3.63) is 36.0 Å². The summed E-state index contributed by atoms with van der Waals surface area (Å²) in [5.41, 5.74) is 1.65. The molecular weight excluding hydrogens is 332 g/mol. The third-order valence-corrected chi connectivity index (χ3v) is 6.26. The number of para-hydroxylation sites is 1. The number of ketones is 1. The normalized spacial score (nSPS) is 16.8. The Bertz CT molecular complexity index is 777. The summed E-state index contributed by atoms with van der Waals surface area (Å²) in [6.45, 7) is 3.62. The van der Waals surface area contributed by atoms with Crippen LogP contribution >= 0.6 is 11.8 Å². The largest absolute Gasteiger partial charge is 0.341 e. The number of Topliss-reactive ketones (excluding diaryl/α,β-unsaturated/α-hetero) is 1. The van der Waals surface area contributed by atoms with Crippen LogP contribution in [0.15, 0.2) is 30.5 Å². The van der Waals surface area contributed by atoms with Gasteiger partial charge in [-0.1, -0.05) is 25.1 Å². The second kappa shape index (κ2) is 7.65. The van der Waals surface area contributed by atoms with Crippen LogP contribution in [0.4, 0.5) is 0 Å². The van der Waals surface area contributed by atoms with E-state index in [4.69, 9.17) is 0 Å². The van der Waals surface area contributed by atoms with E-state index < -0.39 is 0 Å². The van der Waals surface area contributed by atoms with Crippen molar-refractivity contribution in [3.63, 3.8) is 0 Å². The second-order valence-electron chi connectivity index (χ2n) is 6.74. The summed E-state index contributed by atoms with van der Waals surface area (Å²) in [4.78, 5) is 27.2. The number of rotatable bonds is 5. The van der Waals surface area contributed by atoms with E-state index in [0.29, 0.717) is 18.0 Å². The number of carbonyl (C=O) groups is 2. The van der Waals surface area contributed by atoms with Gasteiger partial charge in [-0.05, 0) is 43.8 Å². The van der Waals surface area contributed by atoms with Crippen LogP contribution in [0, 0.1) is 0 Å². The zero-order chi connectivity index (χ0) is 18.0. The Morgan fingerprint density at radius 1 is 1.28 bits per heavy atom. The Kier molecular flexibility index (Phi) is 5.52. The Balaban J connectivity index is 1.96. The molecule has 0 aliphatic carbocycles. The van der Waals surface area contributed by atoms with Gasteiger partial charge < -0.3 is 9.47 Å². The minimum absolute atomic E-state index is 0.0370. The van der Waals surface area contributed by atoms with Crippen molar-refractivity contribution in [2.24, 2.45) is 0 Å². The first kappa shape index (κ1) is 18.1. The van der Waals surface area contributed by atoms with Crippen LogP contribution < -0.4 is 0 Å². The Hall–Kier alpha value is -1.75. The van der Waals surface area contributed by atoms with Crippen molar-refractivity contribution in [3.8, 4) is 0 Å². The summed E-state index contributed by atoms with van der Waals surface area (Å²) in [6.07, 6.45) is 4.70. The molecule has 1 aromatic heterocycles. The van der Waals surface area contributed by atoms with Gasteiger partial charge in [-0.25, -0.2) is 0 Å². The minimum atomic E-state index is -0.266. The number of carbonyl (C=O) groups excluding carboxylic acids is 2. The number of nitrogens with zero attached hydrogens (tertiary/aromatic N) is 2. The summed E-state index contributed by atoms with van der Waals surface area (Å²) in [5.74, 6) is 2.44. The number of likely N-dealkylation sites (N-methyl/N-ethyl adjacent to an activating group) is 1. The van der Waals surface area contributed by atoms with Crippen molar-refractivity contribution in [1.82, 2.24) is 9.47 Å². The first-order valence-corrected chi connectivity index (χ1v) is 10.1. The highest BCUT2D eigenvalue weighted by molar-refractivity contribution is 7.99. The standard InChI is InChI=1S/C20H26N2O2S/c1-4-18(20(24)21(3)15-9-11-25-12-10-15)22-13-17(14(2)23)16-7-5-6-8-19(16)22/h5-8,13,15,18H,4,9-12H2,1-3H3. The van der Waals surface area contributed by atoms with Crippen molar-refractivity contribution >= 4 is 34.4 Å². The fraction of sp³-hybridized carbons (Fsp3) is 0.500. The van der Waals surface area contributed by atoms with Crippen molar-refractivity contribution in [2.75, 3.05) is 18.6 Å². The molecule has 0 saturated carbocycles. The third kappa shape index (κ3) is 3.47.